The number of rotatable bonds is 4. The van der Waals surface area contributed by atoms with Crippen molar-refractivity contribution in [1.29, 1.82) is 0 Å². The molecule has 1 aliphatic heterocycles. The van der Waals surface area contributed by atoms with E-state index in [1.54, 1.807) is 7.11 Å². The topological polar surface area (TPSA) is 70.3 Å². The van der Waals surface area contributed by atoms with Crippen molar-refractivity contribution in [3.63, 3.8) is 0 Å². The van der Waals surface area contributed by atoms with E-state index < -0.39 is 0 Å². The fraction of sp³-hybridized carbons (Fsp3) is 0.562. The second kappa shape index (κ2) is 6.44. The van der Waals surface area contributed by atoms with Crippen molar-refractivity contribution in [1.82, 2.24) is 15.1 Å². The van der Waals surface area contributed by atoms with Gasteiger partial charge in [-0.1, -0.05) is 19.0 Å². The predicted molar refractivity (Wildman–Crippen MR) is 81.0 cm³/mol. The van der Waals surface area contributed by atoms with Gasteiger partial charge < -0.3 is 14.0 Å². The number of pyridine rings is 1. The zero-order valence-electron chi connectivity index (χ0n) is 13.2. The van der Waals surface area contributed by atoms with Gasteiger partial charge in [-0.25, -0.2) is 0 Å². The van der Waals surface area contributed by atoms with Crippen LogP contribution in [0.25, 0.3) is 11.6 Å². The number of hydrogen-bond acceptors (Lipinski definition) is 6. The normalized spacial score (nSPS) is 16.2. The first-order valence-electron chi connectivity index (χ1n) is 7.64. The monoisotopic (exact) mass is 303 g/mol. The minimum Gasteiger partial charge on any atom is -0.496 e. The first-order valence-corrected chi connectivity index (χ1v) is 7.64. The molecule has 2 aromatic heterocycles. The van der Waals surface area contributed by atoms with Crippen LogP contribution in [0.2, 0.25) is 0 Å². The molecule has 0 amide bonds. The summed E-state index contributed by atoms with van der Waals surface area (Å²) < 4.78 is 16.2. The number of aromatic nitrogens is 3. The summed E-state index contributed by atoms with van der Waals surface area (Å²) in [6.07, 6.45) is 3.68. The molecule has 0 unspecified atom stereocenters. The van der Waals surface area contributed by atoms with Crippen molar-refractivity contribution in [3.8, 4) is 17.3 Å². The molecule has 0 atom stereocenters. The molecular weight excluding hydrogens is 282 g/mol. The summed E-state index contributed by atoms with van der Waals surface area (Å²) in [4.78, 5) is 8.94. The van der Waals surface area contributed by atoms with E-state index >= 15 is 0 Å². The first kappa shape index (κ1) is 15.0. The lowest BCUT2D eigenvalue weighted by Crippen LogP contribution is -2.15. The van der Waals surface area contributed by atoms with Crippen molar-refractivity contribution in [2.45, 2.75) is 38.5 Å². The van der Waals surface area contributed by atoms with E-state index in [0.29, 0.717) is 23.4 Å². The molecule has 3 rings (SSSR count). The summed E-state index contributed by atoms with van der Waals surface area (Å²) in [6.45, 7) is 5.72. The maximum Gasteiger partial charge on any atom is 0.276 e. The second-order valence-corrected chi connectivity index (χ2v) is 5.81. The second-order valence-electron chi connectivity index (χ2n) is 5.81. The third-order valence-electron chi connectivity index (χ3n) is 3.98. The Balaban J connectivity index is 1.86. The average Bonchev–Trinajstić information content (AvgIpc) is 3.05. The lowest BCUT2D eigenvalue weighted by molar-refractivity contribution is 0.0830. The van der Waals surface area contributed by atoms with Crippen LogP contribution in [0.1, 0.15) is 49.9 Å². The van der Waals surface area contributed by atoms with Gasteiger partial charge in [0.15, 0.2) is 5.82 Å². The molecule has 6 heteroatoms. The molecular formula is C16H21N3O3. The standard InChI is InChI=1S/C16H21N3O3/c1-10(2)12-9-17-13(8-14(12)20-3)16-18-15(19-22-16)11-4-6-21-7-5-11/h8-11H,4-7H2,1-3H3. The number of nitrogens with zero attached hydrogens (tertiary/aromatic N) is 3. The molecule has 0 saturated carbocycles. The van der Waals surface area contributed by atoms with Crippen molar-refractivity contribution < 1.29 is 14.0 Å². The van der Waals surface area contributed by atoms with Gasteiger partial charge in [0.05, 0.1) is 7.11 Å². The molecule has 1 fully saturated rings. The fourth-order valence-electron chi connectivity index (χ4n) is 2.64. The highest BCUT2D eigenvalue weighted by atomic mass is 16.5. The van der Waals surface area contributed by atoms with Crippen LogP contribution in [-0.2, 0) is 4.74 Å². The molecule has 0 aromatic carbocycles. The third kappa shape index (κ3) is 2.97. The SMILES string of the molecule is COc1cc(-c2nc(C3CCOCC3)no2)ncc1C(C)C. The first-order chi connectivity index (χ1) is 10.7. The Morgan fingerprint density at radius 1 is 1.27 bits per heavy atom. The molecule has 0 aliphatic carbocycles. The van der Waals surface area contributed by atoms with E-state index in [1.807, 2.05) is 12.3 Å². The Hall–Kier alpha value is -1.95. The van der Waals surface area contributed by atoms with E-state index in [4.69, 9.17) is 14.0 Å². The maximum atomic E-state index is 5.45. The molecule has 0 N–H and O–H groups in total. The molecule has 0 spiro atoms. The van der Waals surface area contributed by atoms with Crippen LogP contribution in [0.3, 0.4) is 0 Å². The summed E-state index contributed by atoms with van der Waals surface area (Å²) in [7, 11) is 1.66. The average molecular weight is 303 g/mol. The van der Waals surface area contributed by atoms with E-state index in [1.165, 1.54) is 0 Å². The van der Waals surface area contributed by atoms with Crippen LogP contribution in [0, 0.1) is 0 Å². The quantitative estimate of drug-likeness (QED) is 0.864. The molecule has 3 heterocycles. The smallest absolute Gasteiger partial charge is 0.276 e. The number of methoxy groups -OCH3 is 1. The van der Waals surface area contributed by atoms with Gasteiger partial charge in [-0.2, -0.15) is 4.98 Å². The van der Waals surface area contributed by atoms with Crippen molar-refractivity contribution in [2.75, 3.05) is 20.3 Å². The van der Waals surface area contributed by atoms with E-state index in [-0.39, 0.29) is 0 Å². The molecule has 1 saturated heterocycles. The lowest BCUT2D eigenvalue weighted by atomic mass is 10.00. The number of hydrogen-bond donors (Lipinski definition) is 0. The summed E-state index contributed by atoms with van der Waals surface area (Å²) in [5.74, 6) is 2.63. The van der Waals surface area contributed by atoms with Crippen LogP contribution in [0.15, 0.2) is 16.8 Å². The third-order valence-corrected chi connectivity index (χ3v) is 3.98. The van der Waals surface area contributed by atoms with Gasteiger partial charge in [0.2, 0.25) is 0 Å². The summed E-state index contributed by atoms with van der Waals surface area (Å²) in [6, 6.07) is 1.86. The molecule has 118 valence electrons. The van der Waals surface area contributed by atoms with Crippen LogP contribution in [-0.4, -0.2) is 35.4 Å². The van der Waals surface area contributed by atoms with Crippen LogP contribution < -0.4 is 4.74 Å². The highest BCUT2D eigenvalue weighted by Crippen LogP contribution is 2.30. The lowest BCUT2D eigenvalue weighted by Gasteiger charge is -2.18. The van der Waals surface area contributed by atoms with E-state index in [0.717, 1.165) is 43.2 Å². The largest absolute Gasteiger partial charge is 0.496 e. The Kier molecular flexibility index (Phi) is 4.38. The maximum absolute atomic E-state index is 5.45. The Bertz CT molecular complexity index is 633. The summed E-state index contributed by atoms with van der Waals surface area (Å²) >= 11 is 0. The number of ether oxygens (including phenoxy) is 2. The van der Waals surface area contributed by atoms with Crippen molar-refractivity contribution in [3.05, 3.63) is 23.7 Å². The van der Waals surface area contributed by atoms with Crippen LogP contribution >= 0.6 is 0 Å². The fourth-order valence-corrected chi connectivity index (χ4v) is 2.64. The minimum atomic E-state index is 0.308. The van der Waals surface area contributed by atoms with Gasteiger partial charge in [-0.05, 0) is 18.8 Å². The van der Waals surface area contributed by atoms with E-state index in [9.17, 15) is 0 Å². The Morgan fingerprint density at radius 3 is 2.73 bits per heavy atom. The summed E-state index contributed by atoms with van der Waals surface area (Å²) in [5, 5.41) is 4.11. The molecule has 6 nitrogen and oxygen atoms in total. The van der Waals surface area contributed by atoms with Gasteiger partial charge >= 0.3 is 0 Å². The molecule has 0 bridgehead atoms. The minimum absolute atomic E-state index is 0.308. The Labute approximate surface area is 129 Å². The van der Waals surface area contributed by atoms with Crippen LogP contribution in [0.5, 0.6) is 5.75 Å². The zero-order chi connectivity index (χ0) is 15.5. The Morgan fingerprint density at radius 2 is 2.05 bits per heavy atom. The van der Waals surface area contributed by atoms with Gasteiger partial charge in [0, 0.05) is 37.0 Å². The highest BCUT2D eigenvalue weighted by Gasteiger charge is 2.22. The molecule has 22 heavy (non-hydrogen) atoms. The molecule has 0 radical (unpaired) electrons. The van der Waals surface area contributed by atoms with Gasteiger partial charge in [0.1, 0.15) is 11.4 Å². The van der Waals surface area contributed by atoms with Gasteiger partial charge in [-0.3, -0.25) is 4.98 Å². The predicted octanol–water partition coefficient (Wildman–Crippen LogP) is 3.16. The van der Waals surface area contributed by atoms with Crippen molar-refractivity contribution >= 4 is 0 Å². The van der Waals surface area contributed by atoms with E-state index in [2.05, 4.69) is 29.0 Å². The van der Waals surface area contributed by atoms with Crippen LogP contribution in [0.4, 0.5) is 0 Å². The van der Waals surface area contributed by atoms with Crippen molar-refractivity contribution in [2.24, 2.45) is 0 Å². The molecule has 1 aliphatic rings. The summed E-state index contributed by atoms with van der Waals surface area (Å²) in [5.41, 5.74) is 1.71. The molecule has 2 aromatic rings. The zero-order valence-corrected chi connectivity index (χ0v) is 13.2. The highest BCUT2D eigenvalue weighted by molar-refractivity contribution is 5.52. The van der Waals surface area contributed by atoms with Gasteiger partial charge in [0.25, 0.3) is 5.89 Å². The van der Waals surface area contributed by atoms with Gasteiger partial charge in [-0.15, -0.1) is 0 Å².